The summed E-state index contributed by atoms with van der Waals surface area (Å²) in [6, 6.07) is 9.33. The van der Waals surface area contributed by atoms with E-state index in [0.29, 0.717) is 0 Å². The molecule has 4 N–H and O–H groups in total. The molecule has 0 spiro atoms. The average Bonchev–Trinajstić information content (AvgIpc) is 2.29. The van der Waals surface area contributed by atoms with Gasteiger partial charge in [0.05, 0.1) is 5.92 Å². The lowest BCUT2D eigenvalue weighted by Gasteiger charge is -2.33. The number of aliphatic imine (C=N–C) groups is 1. The monoisotopic (exact) mass is 229 g/mol. The minimum absolute atomic E-state index is 0.469. The highest BCUT2D eigenvalue weighted by atomic mass is 16.1. The number of hydrogen-bond acceptors (Lipinski definition) is 3. The molecule has 0 saturated heterocycles. The van der Waals surface area contributed by atoms with E-state index in [9.17, 15) is 4.79 Å². The third-order valence-electron chi connectivity index (χ3n) is 2.91. The number of primary amides is 1. The molecule has 1 aromatic rings. The molecule has 1 aliphatic heterocycles. The summed E-state index contributed by atoms with van der Waals surface area (Å²) < 4.78 is 0. The third kappa shape index (κ3) is 1.99. The van der Waals surface area contributed by atoms with E-state index in [1.54, 1.807) is 12.2 Å². The fourth-order valence-corrected chi connectivity index (χ4v) is 2.04. The van der Waals surface area contributed by atoms with Crippen LogP contribution in [0.5, 0.6) is 0 Å². The molecular formula is C13H15N3O. The quantitative estimate of drug-likeness (QED) is 0.791. The first-order valence-electron chi connectivity index (χ1n) is 5.42. The van der Waals surface area contributed by atoms with Crippen molar-refractivity contribution in [2.24, 2.45) is 22.4 Å². The average molecular weight is 229 g/mol. The Balaban J connectivity index is 2.52. The van der Waals surface area contributed by atoms with Crippen molar-refractivity contribution in [3.63, 3.8) is 0 Å². The molecule has 0 bridgehead atoms. The van der Waals surface area contributed by atoms with Crippen LogP contribution in [0.3, 0.4) is 0 Å². The highest BCUT2D eigenvalue weighted by Crippen LogP contribution is 2.32. The van der Waals surface area contributed by atoms with Gasteiger partial charge in [0.1, 0.15) is 5.66 Å². The molecule has 17 heavy (non-hydrogen) atoms. The number of nitrogens with two attached hydrogens (primary N) is 2. The lowest BCUT2D eigenvalue weighted by atomic mass is 9.84. The van der Waals surface area contributed by atoms with Crippen molar-refractivity contribution in [2.75, 3.05) is 0 Å². The van der Waals surface area contributed by atoms with E-state index >= 15 is 0 Å². The molecule has 0 aromatic heterocycles. The van der Waals surface area contributed by atoms with Gasteiger partial charge in [-0.2, -0.15) is 0 Å². The highest BCUT2D eigenvalue weighted by molar-refractivity contribution is 5.96. The van der Waals surface area contributed by atoms with Crippen molar-refractivity contribution in [2.45, 2.75) is 12.6 Å². The van der Waals surface area contributed by atoms with Crippen molar-refractivity contribution < 1.29 is 4.79 Å². The standard InChI is InChI=1S/C13H15N3O/c1-9-7-8-11(12(14)17)13(15,16-9)10-5-3-2-4-6-10/h2-8,11H,15H2,1H3,(H2,14,17). The SMILES string of the molecule is CC1=NC(N)(c2ccccc2)C(C(N)=O)C=C1. The summed E-state index contributed by atoms with van der Waals surface area (Å²) in [6.45, 7) is 1.85. The second kappa shape index (κ2) is 4.14. The van der Waals surface area contributed by atoms with Gasteiger partial charge in [-0.25, -0.2) is 0 Å². The molecule has 0 aliphatic carbocycles. The first kappa shape index (κ1) is 11.5. The Morgan fingerprint density at radius 1 is 1.35 bits per heavy atom. The van der Waals surface area contributed by atoms with Gasteiger partial charge < -0.3 is 11.5 Å². The lowest BCUT2D eigenvalue weighted by molar-refractivity contribution is -0.122. The molecule has 1 amide bonds. The minimum atomic E-state index is -1.09. The van der Waals surface area contributed by atoms with Crippen molar-refractivity contribution >= 4 is 11.6 Å². The fourth-order valence-electron chi connectivity index (χ4n) is 2.04. The van der Waals surface area contributed by atoms with Crippen LogP contribution in [-0.4, -0.2) is 11.6 Å². The second-order valence-electron chi connectivity index (χ2n) is 4.18. The molecule has 1 aliphatic rings. The molecule has 2 rings (SSSR count). The zero-order chi connectivity index (χ0) is 12.5. The molecule has 4 heteroatoms. The Kier molecular flexibility index (Phi) is 2.81. The zero-order valence-corrected chi connectivity index (χ0v) is 9.63. The predicted molar refractivity (Wildman–Crippen MR) is 67.2 cm³/mol. The van der Waals surface area contributed by atoms with Crippen LogP contribution in [0.2, 0.25) is 0 Å². The number of rotatable bonds is 2. The van der Waals surface area contributed by atoms with Crippen molar-refractivity contribution in [3.05, 3.63) is 48.0 Å². The maximum Gasteiger partial charge on any atom is 0.228 e. The second-order valence-corrected chi connectivity index (χ2v) is 4.18. The molecular weight excluding hydrogens is 214 g/mol. The molecule has 1 heterocycles. The predicted octanol–water partition coefficient (Wildman–Crippen LogP) is 0.930. The van der Waals surface area contributed by atoms with Crippen molar-refractivity contribution in [1.82, 2.24) is 0 Å². The molecule has 0 fully saturated rings. The number of allylic oxidation sites excluding steroid dienone is 1. The fraction of sp³-hybridized carbons (Fsp3) is 0.231. The molecule has 2 unspecified atom stereocenters. The van der Waals surface area contributed by atoms with Gasteiger partial charge in [0.25, 0.3) is 0 Å². The van der Waals surface area contributed by atoms with Crippen LogP contribution in [-0.2, 0) is 10.5 Å². The lowest BCUT2D eigenvalue weighted by Crippen LogP contribution is -2.49. The molecule has 1 aromatic carbocycles. The molecule has 4 nitrogen and oxygen atoms in total. The maximum absolute atomic E-state index is 11.5. The van der Waals surface area contributed by atoms with Crippen LogP contribution in [0.1, 0.15) is 12.5 Å². The smallest absolute Gasteiger partial charge is 0.228 e. The van der Waals surface area contributed by atoms with Gasteiger partial charge in [-0.15, -0.1) is 0 Å². The molecule has 88 valence electrons. The normalized spacial score (nSPS) is 27.6. The van der Waals surface area contributed by atoms with Crippen LogP contribution in [0.25, 0.3) is 0 Å². The van der Waals surface area contributed by atoms with Gasteiger partial charge in [0.2, 0.25) is 5.91 Å². The van der Waals surface area contributed by atoms with Gasteiger partial charge in [-0.05, 0) is 18.6 Å². The maximum atomic E-state index is 11.5. The topological polar surface area (TPSA) is 81.5 Å². The summed E-state index contributed by atoms with van der Waals surface area (Å²) in [4.78, 5) is 15.9. The Morgan fingerprint density at radius 3 is 2.59 bits per heavy atom. The Bertz CT molecular complexity index is 493. The van der Waals surface area contributed by atoms with Crippen LogP contribution < -0.4 is 11.5 Å². The van der Waals surface area contributed by atoms with E-state index in [2.05, 4.69) is 4.99 Å². The first-order valence-corrected chi connectivity index (χ1v) is 5.42. The van der Waals surface area contributed by atoms with E-state index in [4.69, 9.17) is 11.5 Å². The Morgan fingerprint density at radius 2 is 2.00 bits per heavy atom. The summed E-state index contributed by atoms with van der Waals surface area (Å²) in [7, 11) is 0. The summed E-state index contributed by atoms with van der Waals surface area (Å²) in [6.07, 6.45) is 3.49. The Hall–Kier alpha value is -1.94. The van der Waals surface area contributed by atoms with Crippen LogP contribution in [0.4, 0.5) is 0 Å². The van der Waals surface area contributed by atoms with Crippen LogP contribution in [0, 0.1) is 5.92 Å². The Labute approximate surface area is 100 Å². The zero-order valence-electron chi connectivity index (χ0n) is 9.63. The van der Waals surface area contributed by atoms with E-state index in [-0.39, 0.29) is 0 Å². The van der Waals surface area contributed by atoms with Gasteiger partial charge in [-0.1, -0.05) is 36.4 Å². The number of amides is 1. The summed E-state index contributed by atoms with van der Waals surface area (Å²) >= 11 is 0. The molecule has 0 saturated carbocycles. The molecule has 2 atom stereocenters. The number of nitrogens with zero attached hydrogens (tertiary/aromatic N) is 1. The highest BCUT2D eigenvalue weighted by Gasteiger charge is 2.40. The largest absolute Gasteiger partial charge is 0.369 e. The summed E-state index contributed by atoms with van der Waals surface area (Å²) in [5.74, 6) is -1.09. The van der Waals surface area contributed by atoms with E-state index in [1.807, 2.05) is 37.3 Å². The van der Waals surface area contributed by atoms with Gasteiger partial charge in [-0.3, -0.25) is 9.79 Å². The van der Waals surface area contributed by atoms with Crippen LogP contribution >= 0.6 is 0 Å². The third-order valence-corrected chi connectivity index (χ3v) is 2.91. The van der Waals surface area contributed by atoms with Gasteiger partial charge >= 0.3 is 0 Å². The number of dihydropyridines is 1. The van der Waals surface area contributed by atoms with E-state index in [0.717, 1.165) is 11.3 Å². The summed E-state index contributed by atoms with van der Waals surface area (Å²) in [5.41, 5.74) is 12.1. The van der Waals surface area contributed by atoms with Crippen molar-refractivity contribution in [1.29, 1.82) is 0 Å². The van der Waals surface area contributed by atoms with Gasteiger partial charge in [0.15, 0.2) is 0 Å². The summed E-state index contributed by atoms with van der Waals surface area (Å²) in [5, 5.41) is 0. The first-order chi connectivity index (χ1) is 8.04. The van der Waals surface area contributed by atoms with Crippen LogP contribution in [0.15, 0.2) is 47.5 Å². The van der Waals surface area contributed by atoms with Gasteiger partial charge in [0, 0.05) is 5.71 Å². The van der Waals surface area contributed by atoms with Crippen molar-refractivity contribution in [3.8, 4) is 0 Å². The number of benzene rings is 1. The minimum Gasteiger partial charge on any atom is -0.369 e. The number of hydrogen-bond donors (Lipinski definition) is 2. The van der Waals surface area contributed by atoms with E-state index < -0.39 is 17.5 Å². The molecule has 0 radical (unpaired) electrons. The number of carbonyl (C=O) groups is 1. The number of carbonyl (C=O) groups excluding carboxylic acids is 1. The van der Waals surface area contributed by atoms with E-state index in [1.165, 1.54) is 0 Å².